The maximum Gasteiger partial charge on any atom is 0.0116 e. The second-order valence-corrected chi connectivity index (χ2v) is 5.43. The van der Waals surface area contributed by atoms with Gasteiger partial charge in [0.2, 0.25) is 0 Å². The number of nitrogens with zero attached hydrogens (tertiary/aromatic N) is 1. The minimum atomic E-state index is 0.785. The number of hydrogen-bond acceptors (Lipinski definition) is 2. The lowest BCUT2D eigenvalue weighted by Gasteiger charge is -2.42. The van der Waals surface area contributed by atoms with Crippen LogP contribution in [-0.4, -0.2) is 36.1 Å². The summed E-state index contributed by atoms with van der Waals surface area (Å²) in [6.07, 6.45) is 8.33. The van der Waals surface area contributed by atoms with Gasteiger partial charge in [0.15, 0.2) is 0 Å². The fraction of sp³-hybridized carbons (Fsp3) is 1.00. The fourth-order valence-electron chi connectivity index (χ4n) is 3.74. The van der Waals surface area contributed by atoms with Gasteiger partial charge in [-0.1, -0.05) is 13.3 Å². The third kappa shape index (κ3) is 2.21. The molecule has 0 amide bonds. The minimum absolute atomic E-state index is 0.785. The third-order valence-electron chi connectivity index (χ3n) is 4.41. The monoisotopic (exact) mass is 210 g/mol. The fourth-order valence-corrected chi connectivity index (χ4v) is 3.74. The maximum absolute atomic E-state index is 3.47. The van der Waals surface area contributed by atoms with E-state index in [0.717, 1.165) is 24.2 Å². The lowest BCUT2D eigenvalue weighted by atomic mass is 9.95. The van der Waals surface area contributed by atoms with Gasteiger partial charge >= 0.3 is 0 Å². The number of hydrogen-bond donors (Lipinski definition) is 1. The van der Waals surface area contributed by atoms with Gasteiger partial charge in [0.25, 0.3) is 0 Å². The van der Waals surface area contributed by atoms with Crippen LogP contribution in [0.4, 0.5) is 0 Å². The molecule has 0 aromatic rings. The van der Waals surface area contributed by atoms with Crippen LogP contribution in [0, 0.1) is 0 Å². The zero-order valence-electron chi connectivity index (χ0n) is 10.5. The summed E-state index contributed by atoms with van der Waals surface area (Å²) in [6.45, 7) is 4.73. The molecule has 3 atom stereocenters. The van der Waals surface area contributed by atoms with Crippen LogP contribution in [0.2, 0.25) is 0 Å². The molecule has 0 aromatic heterocycles. The van der Waals surface area contributed by atoms with Crippen LogP contribution in [0.3, 0.4) is 0 Å². The van der Waals surface area contributed by atoms with E-state index in [9.17, 15) is 0 Å². The third-order valence-corrected chi connectivity index (χ3v) is 4.41. The lowest BCUT2D eigenvalue weighted by Crippen LogP contribution is -2.51. The zero-order chi connectivity index (χ0) is 10.8. The Morgan fingerprint density at radius 1 is 1.27 bits per heavy atom. The molecule has 2 rings (SSSR count). The van der Waals surface area contributed by atoms with Crippen LogP contribution >= 0.6 is 0 Å². The molecule has 2 nitrogen and oxygen atoms in total. The second kappa shape index (κ2) is 4.84. The smallest absolute Gasteiger partial charge is 0.0116 e. The Kier molecular flexibility index (Phi) is 3.68. The van der Waals surface area contributed by atoms with Gasteiger partial charge in [0.1, 0.15) is 0 Å². The summed E-state index contributed by atoms with van der Waals surface area (Å²) >= 11 is 0. The van der Waals surface area contributed by atoms with Gasteiger partial charge in [-0.25, -0.2) is 0 Å². The number of piperidine rings is 1. The molecule has 0 saturated carbocycles. The molecule has 2 heteroatoms. The van der Waals surface area contributed by atoms with E-state index >= 15 is 0 Å². The van der Waals surface area contributed by atoms with E-state index in [4.69, 9.17) is 0 Å². The molecular formula is C13H26N2. The number of fused-ring (bicyclic) bond motifs is 2. The van der Waals surface area contributed by atoms with E-state index in [2.05, 4.69) is 31.1 Å². The van der Waals surface area contributed by atoms with Crippen molar-refractivity contribution in [3.63, 3.8) is 0 Å². The van der Waals surface area contributed by atoms with Crippen molar-refractivity contribution >= 4 is 0 Å². The van der Waals surface area contributed by atoms with Crippen LogP contribution in [0.1, 0.15) is 52.4 Å². The van der Waals surface area contributed by atoms with Gasteiger partial charge < -0.3 is 5.32 Å². The topological polar surface area (TPSA) is 15.3 Å². The van der Waals surface area contributed by atoms with Crippen molar-refractivity contribution in [3.05, 3.63) is 0 Å². The normalized spacial score (nSPS) is 38.2. The Morgan fingerprint density at radius 2 is 1.87 bits per heavy atom. The predicted octanol–water partition coefficient (Wildman–Crippen LogP) is 2.39. The zero-order valence-corrected chi connectivity index (χ0v) is 10.5. The van der Waals surface area contributed by atoms with Crippen molar-refractivity contribution in [2.24, 2.45) is 0 Å². The van der Waals surface area contributed by atoms with Crippen LogP contribution in [0.15, 0.2) is 0 Å². The Balaban J connectivity index is 1.98. The van der Waals surface area contributed by atoms with E-state index in [1.54, 1.807) is 0 Å². The van der Waals surface area contributed by atoms with E-state index < -0.39 is 0 Å². The Hall–Kier alpha value is -0.0800. The lowest BCUT2D eigenvalue weighted by molar-refractivity contribution is 0.0748. The van der Waals surface area contributed by atoms with E-state index in [0.29, 0.717) is 0 Å². The number of rotatable bonds is 4. The summed E-state index contributed by atoms with van der Waals surface area (Å²) in [6, 6.07) is 3.35. The van der Waals surface area contributed by atoms with Crippen LogP contribution < -0.4 is 5.32 Å². The van der Waals surface area contributed by atoms with Gasteiger partial charge in [-0.05, 0) is 46.1 Å². The van der Waals surface area contributed by atoms with Crippen molar-refractivity contribution in [2.75, 3.05) is 7.05 Å². The minimum Gasteiger partial charge on any atom is -0.317 e. The molecule has 0 aliphatic carbocycles. The second-order valence-electron chi connectivity index (χ2n) is 5.43. The van der Waals surface area contributed by atoms with Gasteiger partial charge in [-0.2, -0.15) is 0 Å². The van der Waals surface area contributed by atoms with Gasteiger partial charge in [-0.3, -0.25) is 4.90 Å². The summed E-state index contributed by atoms with van der Waals surface area (Å²) in [5.41, 5.74) is 0. The molecule has 2 saturated heterocycles. The van der Waals surface area contributed by atoms with Crippen molar-refractivity contribution in [1.82, 2.24) is 10.2 Å². The molecule has 88 valence electrons. The van der Waals surface area contributed by atoms with Gasteiger partial charge in [0.05, 0.1) is 0 Å². The Morgan fingerprint density at radius 3 is 2.33 bits per heavy atom. The largest absolute Gasteiger partial charge is 0.317 e. The summed E-state index contributed by atoms with van der Waals surface area (Å²) in [5.74, 6) is 0. The highest BCUT2D eigenvalue weighted by atomic mass is 15.2. The SMILES string of the molecule is CCCC(C)N1C2CCC1CC(NC)C2. The molecule has 0 aromatic carbocycles. The molecule has 3 unspecified atom stereocenters. The predicted molar refractivity (Wildman–Crippen MR) is 65.1 cm³/mol. The van der Waals surface area contributed by atoms with Crippen molar-refractivity contribution in [1.29, 1.82) is 0 Å². The van der Waals surface area contributed by atoms with E-state index in [1.807, 2.05) is 0 Å². The molecule has 2 fully saturated rings. The molecule has 15 heavy (non-hydrogen) atoms. The summed E-state index contributed by atoms with van der Waals surface area (Å²) in [4.78, 5) is 2.83. The first-order valence-electron chi connectivity index (χ1n) is 6.71. The average molecular weight is 210 g/mol. The molecule has 2 bridgehead atoms. The van der Waals surface area contributed by atoms with Crippen LogP contribution in [0.5, 0.6) is 0 Å². The molecule has 2 aliphatic heterocycles. The molecular weight excluding hydrogens is 184 g/mol. The number of nitrogens with one attached hydrogen (secondary N) is 1. The molecule has 0 spiro atoms. The quantitative estimate of drug-likeness (QED) is 0.766. The Bertz CT molecular complexity index is 191. The standard InChI is InChI=1S/C13H26N2/c1-4-5-10(2)15-12-6-7-13(15)9-11(8-12)14-3/h10-14H,4-9H2,1-3H3. The highest BCUT2D eigenvalue weighted by Gasteiger charge is 2.41. The first-order chi connectivity index (χ1) is 7.26. The summed E-state index contributed by atoms with van der Waals surface area (Å²) < 4.78 is 0. The Labute approximate surface area is 94.4 Å². The van der Waals surface area contributed by atoms with Gasteiger partial charge in [0, 0.05) is 24.2 Å². The first kappa shape index (κ1) is 11.4. The molecule has 2 heterocycles. The summed E-state index contributed by atoms with van der Waals surface area (Å²) in [7, 11) is 2.12. The summed E-state index contributed by atoms with van der Waals surface area (Å²) in [5, 5.41) is 3.47. The highest BCUT2D eigenvalue weighted by Crippen LogP contribution is 2.37. The van der Waals surface area contributed by atoms with Crippen molar-refractivity contribution < 1.29 is 0 Å². The highest BCUT2D eigenvalue weighted by molar-refractivity contribution is 4.98. The first-order valence-corrected chi connectivity index (χ1v) is 6.71. The van der Waals surface area contributed by atoms with E-state index in [-0.39, 0.29) is 0 Å². The maximum atomic E-state index is 3.47. The van der Waals surface area contributed by atoms with E-state index in [1.165, 1.54) is 38.5 Å². The van der Waals surface area contributed by atoms with Gasteiger partial charge in [-0.15, -0.1) is 0 Å². The van der Waals surface area contributed by atoms with Crippen LogP contribution in [0.25, 0.3) is 0 Å². The molecule has 0 radical (unpaired) electrons. The van der Waals surface area contributed by atoms with Crippen molar-refractivity contribution in [3.8, 4) is 0 Å². The van der Waals surface area contributed by atoms with Crippen LogP contribution in [-0.2, 0) is 0 Å². The average Bonchev–Trinajstić information content (AvgIpc) is 2.50. The molecule has 1 N–H and O–H groups in total. The van der Waals surface area contributed by atoms with Crippen molar-refractivity contribution in [2.45, 2.75) is 76.5 Å². The molecule has 2 aliphatic rings.